The zero-order chi connectivity index (χ0) is 18.2. The van der Waals surface area contributed by atoms with Gasteiger partial charge in [0.2, 0.25) is 0 Å². The third-order valence-corrected chi connectivity index (χ3v) is 4.83. The number of phenols is 1. The first kappa shape index (κ1) is 19.4. The fourth-order valence-corrected chi connectivity index (χ4v) is 3.42. The predicted octanol–water partition coefficient (Wildman–Crippen LogP) is 2.28. The molecule has 1 aromatic rings. The number of hydrogen-bond donors (Lipinski definition) is 2. The Kier molecular flexibility index (Phi) is 7.37. The zero-order valence-electron chi connectivity index (χ0n) is 16.0. The van der Waals surface area contributed by atoms with Crippen LogP contribution in [0.2, 0.25) is 0 Å². The van der Waals surface area contributed by atoms with Crippen LogP contribution in [-0.2, 0) is 6.54 Å². The average molecular weight is 348 g/mol. The summed E-state index contributed by atoms with van der Waals surface area (Å²) in [6.45, 7) is 12.0. The molecule has 0 spiro atoms. The topological polar surface area (TPSA) is 60.3 Å². The molecule has 1 heterocycles. The van der Waals surface area contributed by atoms with Gasteiger partial charge in [-0.2, -0.15) is 0 Å². The van der Waals surface area contributed by atoms with Crippen LogP contribution >= 0.6 is 0 Å². The Morgan fingerprint density at radius 3 is 2.76 bits per heavy atom. The Hall–Kier alpha value is -1.95. The van der Waals surface area contributed by atoms with E-state index >= 15 is 0 Å². The van der Waals surface area contributed by atoms with Gasteiger partial charge in [-0.05, 0) is 32.5 Å². The van der Waals surface area contributed by atoms with Crippen molar-refractivity contribution in [1.82, 2.24) is 15.1 Å². The van der Waals surface area contributed by atoms with Crippen molar-refractivity contribution in [2.45, 2.75) is 39.8 Å². The molecule has 1 saturated heterocycles. The SMILES string of the molecule is CCNC(=NCc1cccc(OC)c1O)N1CCC(N(CC)CC)C1. The summed E-state index contributed by atoms with van der Waals surface area (Å²) >= 11 is 0. The molecule has 1 aliphatic rings. The van der Waals surface area contributed by atoms with E-state index in [1.807, 2.05) is 12.1 Å². The molecular weight excluding hydrogens is 316 g/mol. The minimum absolute atomic E-state index is 0.173. The molecule has 2 N–H and O–H groups in total. The highest BCUT2D eigenvalue weighted by atomic mass is 16.5. The molecule has 0 aliphatic carbocycles. The molecular formula is C19H32N4O2. The number of phenolic OH excluding ortho intramolecular Hbond substituents is 1. The molecule has 6 nitrogen and oxygen atoms in total. The second-order valence-electron chi connectivity index (χ2n) is 6.25. The number of nitrogens with one attached hydrogen (secondary N) is 1. The van der Waals surface area contributed by atoms with Crippen LogP contribution < -0.4 is 10.1 Å². The fraction of sp³-hybridized carbons (Fsp3) is 0.632. The van der Waals surface area contributed by atoms with Crippen LogP contribution in [0.15, 0.2) is 23.2 Å². The van der Waals surface area contributed by atoms with E-state index in [9.17, 15) is 5.11 Å². The number of aliphatic imine (C=N–C) groups is 1. The van der Waals surface area contributed by atoms with E-state index in [1.165, 1.54) is 0 Å². The average Bonchev–Trinajstić information content (AvgIpc) is 3.10. The van der Waals surface area contributed by atoms with Crippen LogP contribution in [0, 0.1) is 0 Å². The van der Waals surface area contributed by atoms with Crippen LogP contribution in [0.4, 0.5) is 0 Å². The van der Waals surface area contributed by atoms with Gasteiger partial charge in [-0.3, -0.25) is 4.90 Å². The van der Waals surface area contributed by atoms with Gasteiger partial charge in [-0.15, -0.1) is 0 Å². The van der Waals surface area contributed by atoms with Crippen molar-refractivity contribution < 1.29 is 9.84 Å². The molecule has 2 rings (SSSR count). The summed E-state index contributed by atoms with van der Waals surface area (Å²) in [5.74, 6) is 1.58. The summed E-state index contributed by atoms with van der Waals surface area (Å²) < 4.78 is 5.17. The molecule has 0 aromatic heterocycles. The maximum Gasteiger partial charge on any atom is 0.194 e. The number of likely N-dealkylation sites (tertiary alicyclic amines) is 1. The van der Waals surface area contributed by atoms with Crippen molar-refractivity contribution in [3.63, 3.8) is 0 Å². The largest absolute Gasteiger partial charge is 0.504 e. The Bertz CT molecular complexity index is 573. The molecule has 25 heavy (non-hydrogen) atoms. The van der Waals surface area contributed by atoms with E-state index in [1.54, 1.807) is 13.2 Å². The Labute approximate surface area is 151 Å². The number of likely N-dealkylation sites (N-methyl/N-ethyl adjacent to an activating group) is 1. The van der Waals surface area contributed by atoms with Gasteiger partial charge in [0.25, 0.3) is 0 Å². The lowest BCUT2D eigenvalue weighted by Crippen LogP contribution is -2.43. The molecule has 1 unspecified atom stereocenters. The molecule has 0 saturated carbocycles. The van der Waals surface area contributed by atoms with Gasteiger partial charge in [0.15, 0.2) is 17.5 Å². The molecule has 1 aliphatic heterocycles. The number of ether oxygens (including phenoxy) is 1. The molecule has 1 fully saturated rings. The van der Waals surface area contributed by atoms with Gasteiger partial charge >= 0.3 is 0 Å². The molecule has 0 radical (unpaired) electrons. The van der Waals surface area contributed by atoms with Gasteiger partial charge < -0.3 is 20.1 Å². The van der Waals surface area contributed by atoms with Crippen molar-refractivity contribution in [1.29, 1.82) is 0 Å². The lowest BCUT2D eigenvalue weighted by atomic mass is 10.2. The van der Waals surface area contributed by atoms with Gasteiger partial charge in [0.1, 0.15) is 0 Å². The van der Waals surface area contributed by atoms with Gasteiger partial charge in [-0.1, -0.05) is 26.0 Å². The normalized spacial score (nSPS) is 18.0. The molecule has 0 bridgehead atoms. The van der Waals surface area contributed by atoms with Crippen LogP contribution in [-0.4, -0.2) is 66.7 Å². The predicted molar refractivity (Wildman–Crippen MR) is 102 cm³/mol. The number of nitrogens with zero attached hydrogens (tertiary/aromatic N) is 3. The van der Waals surface area contributed by atoms with Crippen LogP contribution in [0.25, 0.3) is 0 Å². The van der Waals surface area contributed by atoms with Crippen molar-refractivity contribution in [2.75, 3.05) is 39.8 Å². The number of guanidine groups is 1. The molecule has 6 heteroatoms. The standard InChI is InChI=1S/C19H32N4O2/c1-5-20-19(23-12-11-16(14-23)22(6-2)7-3)21-13-15-9-8-10-17(25-4)18(15)24/h8-10,16,24H,5-7,11-14H2,1-4H3,(H,20,21). The van der Waals surface area contributed by atoms with Gasteiger partial charge in [0, 0.05) is 31.2 Å². The van der Waals surface area contributed by atoms with E-state index in [0.29, 0.717) is 18.3 Å². The van der Waals surface area contributed by atoms with Crippen LogP contribution in [0.5, 0.6) is 11.5 Å². The van der Waals surface area contributed by atoms with Crippen molar-refractivity contribution in [3.05, 3.63) is 23.8 Å². The number of benzene rings is 1. The number of rotatable bonds is 7. The van der Waals surface area contributed by atoms with Crippen molar-refractivity contribution in [3.8, 4) is 11.5 Å². The summed E-state index contributed by atoms with van der Waals surface area (Å²) in [7, 11) is 1.56. The van der Waals surface area contributed by atoms with Crippen molar-refractivity contribution >= 4 is 5.96 Å². The number of aromatic hydroxyl groups is 1. The summed E-state index contributed by atoms with van der Waals surface area (Å²) in [6, 6.07) is 6.10. The smallest absolute Gasteiger partial charge is 0.194 e. The first-order chi connectivity index (χ1) is 12.1. The molecule has 0 amide bonds. The highest BCUT2D eigenvalue weighted by molar-refractivity contribution is 5.80. The molecule has 1 atom stereocenters. The number of methoxy groups -OCH3 is 1. The van der Waals surface area contributed by atoms with Gasteiger partial charge in [-0.25, -0.2) is 4.99 Å². The molecule has 1 aromatic carbocycles. The second kappa shape index (κ2) is 9.51. The third kappa shape index (κ3) is 4.78. The summed E-state index contributed by atoms with van der Waals surface area (Å²) in [5.41, 5.74) is 0.772. The maximum atomic E-state index is 10.2. The summed E-state index contributed by atoms with van der Waals surface area (Å²) in [4.78, 5) is 9.58. The Morgan fingerprint density at radius 1 is 1.36 bits per heavy atom. The summed E-state index contributed by atoms with van der Waals surface area (Å²) in [5, 5.41) is 13.6. The lowest BCUT2D eigenvalue weighted by molar-refractivity contribution is 0.223. The minimum Gasteiger partial charge on any atom is -0.504 e. The molecule has 140 valence electrons. The lowest BCUT2D eigenvalue weighted by Gasteiger charge is -2.27. The minimum atomic E-state index is 0.173. The zero-order valence-corrected chi connectivity index (χ0v) is 16.0. The first-order valence-electron chi connectivity index (χ1n) is 9.26. The highest BCUT2D eigenvalue weighted by Gasteiger charge is 2.28. The maximum absolute atomic E-state index is 10.2. The second-order valence-corrected chi connectivity index (χ2v) is 6.25. The quantitative estimate of drug-likeness (QED) is 0.585. The van der Waals surface area contributed by atoms with E-state index in [4.69, 9.17) is 9.73 Å². The van der Waals surface area contributed by atoms with E-state index < -0.39 is 0 Å². The number of para-hydroxylation sites is 1. The monoisotopic (exact) mass is 348 g/mol. The highest BCUT2D eigenvalue weighted by Crippen LogP contribution is 2.29. The van der Waals surface area contributed by atoms with E-state index in [-0.39, 0.29) is 5.75 Å². The van der Waals surface area contributed by atoms with Gasteiger partial charge in [0.05, 0.1) is 13.7 Å². The summed E-state index contributed by atoms with van der Waals surface area (Å²) in [6.07, 6.45) is 1.16. The fourth-order valence-electron chi connectivity index (χ4n) is 3.42. The third-order valence-electron chi connectivity index (χ3n) is 4.83. The Morgan fingerprint density at radius 2 is 2.12 bits per heavy atom. The van der Waals surface area contributed by atoms with Crippen molar-refractivity contribution in [2.24, 2.45) is 4.99 Å². The number of hydrogen-bond acceptors (Lipinski definition) is 4. The van der Waals surface area contributed by atoms with Crippen LogP contribution in [0.1, 0.15) is 32.8 Å². The first-order valence-corrected chi connectivity index (χ1v) is 9.26. The van der Waals surface area contributed by atoms with E-state index in [0.717, 1.165) is 50.7 Å². The van der Waals surface area contributed by atoms with E-state index in [2.05, 4.69) is 35.9 Å². The van der Waals surface area contributed by atoms with Crippen LogP contribution in [0.3, 0.4) is 0 Å². The Balaban J connectivity index is 2.09.